The molecule has 4 unspecified atom stereocenters. The summed E-state index contributed by atoms with van der Waals surface area (Å²) >= 11 is 0. The molecule has 2 N–H and O–H groups in total. The molecule has 2 heteroatoms. The van der Waals surface area contributed by atoms with Crippen molar-refractivity contribution in [3.05, 3.63) is 35.9 Å². The second kappa shape index (κ2) is 7.42. The third kappa shape index (κ3) is 3.87. The summed E-state index contributed by atoms with van der Waals surface area (Å²) in [5, 5.41) is 0. The highest BCUT2D eigenvalue weighted by Crippen LogP contribution is 2.33. The largest absolute Gasteiger partial charge is 0.323 e. The molecule has 1 aliphatic carbocycles. The Bertz CT molecular complexity index is 415. The van der Waals surface area contributed by atoms with Crippen LogP contribution >= 0.6 is 0 Å². The molecule has 0 saturated heterocycles. The van der Waals surface area contributed by atoms with Crippen molar-refractivity contribution in [3.63, 3.8) is 0 Å². The first-order chi connectivity index (χ1) is 10.0. The number of rotatable bonds is 5. The van der Waals surface area contributed by atoms with Gasteiger partial charge in [0.2, 0.25) is 0 Å². The van der Waals surface area contributed by atoms with Crippen molar-refractivity contribution in [2.24, 2.45) is 17.6 Å². The molecule has 1 fully saturated rings. The summed E-state index contributed by atoms with van der Waals surface area (Å²) in [6, 6.07) is 11.7. The van der Waals surface area contributed by atoms with Gasteiger partial charge in [-0.25, -0.2) is 0 Å². The van der Waals surface area contributed by atoms with Crippen LogP contribution in [-0.4, -0.2) is 24.0 Å². The van der Waals surface area contributed by atoms with E-state index in [1.165, 1.54) is 31.2 Å². The molecule has 0 bridgehead atoms. The minimum absolute atomic E-state index is 0.0883. The van der Waals surface area contributed by atoms with E-state index in [2.05, 4.69) is 63.1 Å². The molecule has 1 aromatic rings. The lowest BCUT2D eigenvalue weighted by Gasteiger charge is -2.44. The van der Waals surface area contributed by atoms with E-state index in [1.807, 2.05) is 0 Å². The zero-order chi connectivity index (χ0) is 15.4. The van der Waals surface area contributed by atoms with Gasteiger partial charge >= 0.3 is 0 Å². The molecule has 21 heavy (non-hydrogen) atoms. The maximum absolute atomic E-state index is 6.65. The Hall–Kier alpha value is -0.860. The van der Waals surface area contributed by atoms with Crippen LogP contribution in [0.3, 0.4) is 0 Å². The lowest BCUT2D eigenvalue weighted by Crippen LogP contribution is -2.51. The number of hydrogen-bond donors (Lipinski definition) is 1. The van der Waals surface area contributed by atoms with E-state index >= 15 is 0 Å². The van der Waals surface area contributed by atoms with E-state index < -0.39 is 0 Å². The Kier molecular flexibility index (Phi) is 5.83. The van der Waals surface area contributed by atoms with Crippen molar-refractivity contribution in [1.29, 1.82) is 0 Å². The van der Waals surface area contributed by atoms with Crippen LogP contribution in [0.1, 0.15) is 58.1 Å². The van der Waals surface area contributed by atoms with Crippen LogP contribution in [0.2, 0.25) is 0 Å². The Balaban J connectivity index is 2.18. The fourth-order valence-electron chi connectivity index (χ4n) is 4.13. The zero-order valence-electron chi connectivity index (χ0n) is 14.1. The maximum atomic E-state index is 6.65. The second-order valence-electron chi connectivity index (χ2n) is 7.17. The molecule has 0 radical (unpaired) electrons. The van der Waals surface area contributed by atoms with Gasteiger partial charge in [-0.2, -0.15) is 0 Å². The highest BCUT2D eigenvalue weighted by molar-refractivity contribution is 5.20. The maximum Gasteiger partial charge on any atom is 0.0455 e. The molecule has 118 valence electrons. The summed E-state index contributed by atoms with van der Waals surface area (Å²) in [6.45, 7) is 7.01. The molecule has 1 saturated carbocycles. The third-order valence-corrected chi connectivity index (χ3v) is 5.30. The summed E-state index contributed by atoms with van der Waals surface area (Å²) in [4.78, 5) is 2.59. The van der Waals surface area contributed by atoms with E-state index in [1.54, 1.807) is 0 Å². The molecular formula is C19H32N2. The highest BCUT2D eigenvalue weighted by Gasteiger charge is 2.34. The number of nitrogens with two attached hydrogens (primary N) is 1. The van der Waals surface area contributed by atoms with Gasteiger partial charge in [-0.15, -0.1) is 0 Å². The monoisotopic (exact) mass is 288 g/mol. The van der Waals surface area contributed by atoms with Gasteiger partial charge in [0, 0.05) is 18.1 Å². The minimum atomic E-state index is 0.0883. The first-order valence-corrected chi connectivity index (χ1v) is 8.54. The number of nitrogens with zero attached hydrogens (tertiary/aromatic N) is 1. The van der Waals surface area contributed by atoms with Crippen molar-refractivity contribution in [2.45, 2.75) is 64.6 Å². The van der Waals surface area contributed by atoms with Crippen LogP contribution in [0, 0.1) is 11.8 Å². The van der Waals surface area contributed by atoms with Gasteiger partial charge in [0.25, 0.3) is 0 Å². The van der Waals surface area contributed by atoms with Crippen molar-refractivity contribution >= 4 is 0 Å². The Morgan fingerprint density at radius 1 is 1.10 bits per heavy atom. The third-order valence-electron chi connectivity index (χ3n) is 5.30. The lowest BCUT2D eigenvalue weighted by atomic mass is 9.82. The lowest BCUT2D eigenvalue weighted by molar-refractivity contribution is 0.0604. The van der Waals surface area contributed by atoms with E-state index in [0.717, 1.165) is 5.92 Å². The zero-order valence-corrected chi connectivity index (χ0v) is 14.1. The fraction of sp³-hybridized carbons (Fsp3) is 0.684. The normalized spacial score (nSPS) is 26.0. The summed E-state index contributed by atoms with van der Waals surface area (Å²) in [7, 11) is 2.29. The van der Waals surface area contributed by atoms with Crippen molar-refractivity contribution < 1.29 is 0 Å². The molecule has 0 aromatic heterocycles. The molecule has 4 atom stereocenters. The van der Waals surface area contributed by atoms with Gasteiger partial charge in [0.15, 0.2) is 0 Å². The molecule has 2 nitrogen and oxygen atoms in total. The Labute approximate surface area is 130 Å². The van der Waals surface area contributed by atoms with Crippen LogP contribution in [0.4, 0.5) is 0 Å². The Morgan fingerprint density at radius 2 is 1.71 bits per heavy atom. The van der Waals surface area contributed by atoms with Gasteiger partial charge in [-0.1, -0.05) is 63.9 Å². The van der Waals surface area contributed by atoms with Crippen molar-refractivity contribution in [3.8, 4) is 0 Å². The molecule has 2 rings (SSSR count). The van der Waals surface area contributed by atoms with Gasteiger partial charge in [0.05, 0.1) is 0 Å². The quantitative estimate of drug-likeness (QED) is 0.879. The summed E-state index contributed by atoms with van der Waals surface area (Å²) in [6.07, 6.45) is 5.44. The van der Waals surface area contributed by atoms with Crippen LogP contribution in [0.15, 0.2) is 30.3 Å². The van der Waals surface area contributed by atoms with Gasteiger partial charge in [0.1, 0.15) is 0 Å². The second-order valence-corrected chi connectivity index (χ2v) is 7.17. The smallest absolute Gasteiger partial charge is 0.0455 e. The van der Waals surface area contributed by atoms with Crippen molar-refractivity contribution in [1.82, 2.24) is 4.90 Å². The van der Waals surface area contributed by atoms with Gasteiger partial charge in [-0.05, 0) is 37.3 Å². The van der Waals surface area contributed by atoms with Crippen molar-refractivity contribution in [2.75, 3.05) is 7.05 Å². The summed E-state index contributed by atoms with van der Waals surface area (Å²) in [5.41, 5.74) is 7.91. The standard InChI is InChI=1S/C19H32N2/c1-14(2)19(18(20)16-11-6-5-7-12-16)21(4)17-13-9-8-10-15(17)3/h5-7,11-12,14-15,17-19H,8-10,13,20H2,1-4H3. The van der Waals surface area contributed by atoms with Crippen LogP contribution in [0.25, 0.3) is 0 Å². The predicted molar refractivity (Wildman–Crippen MR) is 91.2 cm³/mol. The molecule has 1 aliphatic rings. The predicted octanol–water partition coefficient (Wildman–Crippen LogP) is 4.22. The van der Waals surface area contributed by atoms with Crippen LogP contribution in [-0.2, 0) is 0 Å². The summed E-state index contributed by atoms with van der Waals surface area (Å²) in [5.74, 6) is 1.34. The molecule has 0 heterocycles. The number of likely N-dealkylation sites (N-methyl/N-ethyl adjacent to an activating group) is 1. The first-order valence-electron chi connectivity index (χ1n) is 8.54. The van der Waals surface area contributed by atoms with E-state index in [0.29, 0.717) is 18.0 Å². The molecule has 0 amide bonds. The Morgan fingerprint density at radius 3 is 2.29 bits per heavy atom. The van der Waals surface area contributed by atoms with Crippen LogP contribution in [0.5, 0.6) is 0 Å². The summed E-state index contributed by atoms with van der Waals surface area (Å²) < 4.78 is 0. The average Bonchev–Trinajstić information content (AvgIpc) is 2.48. The average molecular weight is 288 g/mol. The molecule has 1 aromatic carbocycles. The van der Waals surface area contributed by atoms with E-state index in [4.69, 9.17) is 5.73 Å². The number of hydrogen-bond acceptors (Lipinski definition) is 2. The minimum Gasteiger partial charge on any atom is -0.323 e. The number of benzene rings is 1. The van der Waals surface area contributed by atoms with Crippen LogP contribution < -0.4 is 5.73 Å². The molecular weight excluding hydrogens is 256 g/mol. The SMILES string of the molecule is CC(C)C(C(N)c1ccccc1)N(C)C1CCCCC1C. The first kappa shape index (κ1) is 16.5. The van der Waals surface area contributed by atoms with E-state index in [-0.39, 0.29) is 6.04 Å². The fourth-order valence-corrected chi connectivity index (χ4v) is 4.13. The highest BCUT2D eigenvalue weighted by atomic mass is 15.2. The molecule has 0 aliphatic heterocycles. The van der Waals surface area contributed by atoms with Gasteiger partial charge in [-0.3, -0.25) is 4.90 Å². The van der Waals surface area contributed by atoms with E-state index in [9.17, 15) is 0 Å². The van der Waals surface area contributed by atoms with Gasteiger partial charge < -0.3 is 5.73 Å². The topological polar surface area (TPSA) is 29.3 Å². The molecule has 0 spiro atoms.